The van der Waals surface area contributed by atoms with E-state index in [2.05, 4.69) is 10.4 Å². The second-order valence-electron chi connectivity index (χ2n) is 6.04. The number of nitrogens with one attached hydrogen (secondary N) is 2. The highest BCUT2D eigenvalue weighted by atomic mass is 35.5. The Hall–Kier alpha value is -2.86. The smallest absolute Gasteiger partial charge is 0.273 e. The van der Waals surface area contributed by atoms with Crippen molar-refractivity contribution >= 4 is 28.3 Å². The number of carbonyl (C=O) groups excluding carboxylic acids is 1. The van der Waals surface area contributed by atoms with E-state index >= 15 is 0 Å². The molecule has 0 aliphatic carbocycles. The molecule has 1 unspecified atom stereocenters. The number of amides is 1. The molecule has 0 aliphatic rings. The van der Waals surface area contributed by atoms with Crippen LogP contribution in [0.15, 0.2) is 58.1 Å². The molecule has 7 heteroatoms. The van der Waals surface area contributed by atoms with Crippen LogP contribution in [0.25, 0.3) is 10.8 Å². The minimum Gasteiger partial charge on any atom is -0.350 e. The Bertz CT molecular complexity index is 1070. The summed E-state index contributed by atoms with van der Waals surface area (Å²) in [5.74, 6) is -0.224. The molecule has 3 rings (SSSR count). The Morgan fingerprint density at radius 1 is 1.15 bits per heavy atom. The van der Waals surface area contributed by atoms with Gasteiger partial charge in [-0.25, -0.2) is 4.68 Å². The van der Waals surface area contributed by atoms with Crippen molar-refractivity contribution in [3.8, 4) is 0 Å². The molecule has 0 bridgehead atoms. The maximum absolute atomic E-state index is 12.4. The number of aromatic amines is 1. The number of aryl methyl sites for hydroxylation is 1. The van der Waals surface area contributed by atoms with Crippen molar-refractivity contribution in [3.63, 3.8) is 0 Å². The Kier molecular flexibility index (Phi) is 5.23. The molecule has 0 radical (unpaired) electrons. The molecule has 1 aromatic heterocycles. The molecule has 1 amide bonds. The lowest BCUT2D eigenvalue weighted by Crippen LogP contribution is -2.33. The third-order valence-corrected chi connectivity index (χ3v) is 4.41. The maximum atomic E-state index is 12.4. The van der Waals surface area contributed by atoms with E-state index < -0.39 is 0 Å². The number of hydrogen-bond acceptors (Lipinski definition) is 3. The van der Waals surface area contributed by atoms with E-state index in [1.54, 1.807) is 36.4 Å². The summed E-state index contributed by atoms with van der Waals surface area (Å²) in [6, 6.07) is 13.6. The Morgan fingerprint density at radius 3 is 2.62 bits per heavy atom. The Labute approximate surface area is 154 Å². The summed E-state index contributed by atoms with van der Waals surface area (Å²) in [5.41, 5.74) is 0.214. The van der Waals surface area contributed by atoms with Crippen molar-refractivity contribution in [2.24, 2.45) is 0 Å². The standard InChI is InChI=1S/C19H18ClN3O3/c1-12(13-5-4-6-14(20)11-13)21-17(24)9-10-23-19(26)16-8-3-2-7-15(16)18(25)22-23/h2-8,11-12H,9-10H2,1H3,(H,21,24)(H,22,25). The second-order valence-corrected chi connectivity index (χ2v) is 6.47. The quantitative estimate of drug-likeness (QED) is 0.723. The topological polar surface area (TPSA) is 84.0 Å². The highest BCUT2D eigenvalue weighted by Crippen LogP contribution is 2.17. The first-order chi connectivity index (χ1) is 12.5. The first-order valence-electron chi connectivity index (χ1n) is 8.22. The highest BCUT2D eigenvalue weighted by Gasteiger charge is 2.12. The molecule has 26 heavy (non-hydrogen) atoms. The highest BCUT2D eigenvalue weighted by molar-refractivity contribution is 6.30. The monoisotopic (exact) mass is 371 g/mol. The summed E-state index contributed by atoms with van der Waals surface area (Å²) in [4.78, 5) is 36.7. The molecule has 1 heterocycles. The molecule has 3 aromatic rings. The van der Waals surface area contributed by atoms with Gasteiger partial charge in [0.25, 0.3) is 11.1 Å². The molecule has 0 spiro atoms. The van der Waals surface area contributed by atoms with Gasteiger partial charge in [-0.1, -0.05) is 35.9 Å². The predicted molar refractivity (Wildman–Crippen MR) is 101 cm³/mol. The van der Waals surface area contributed by atoms with Crippen molar-refractivity contribution in [2.45, 2.75) is 25.9 Å². The van der Waals surface area contributed by atoms with Crippen molar-refractivity contribution < 1.29 is 4.79 Å². The maximum Gasteiger partial charge on any atom is 0.273 e. The molecule has 134 valence electrons. The van der Waals surface area contributed by atoms with Gasteiger partial charge in [-0.2, -0.15) is 0 Å². The van der Waals surface area contributed by atoms with Gasteiger partial charge >= 0.3 is 0 Å². The largest absolute Gasteiger partial charge is 0.350 e. The van der Waals surface area contributed by atoms with Crippen LogP contribution in [-0.4, -0.2) is 15.7 Å². The minimum atomic E-state index is -0.354. The van der Waals surface area contributed by atoms with Crippen LogP contribution in [0.3, 0.4) is 0 Å². The van der Waals surface area contributed by atoms with Gasteiger partial charge < -0.3 is 5.32 Å². The van der Waals surface area contributed by atoms with Crippen molar-refractivity contribution in [2.75, 3.05) is 0 Å². The van der Waals surface area contributed by atoms with Gasteiger partial charge in [0.1, 0.15) is 0 Å². The second kappa shape index (κ2) is 7.58. The fourth-order valence-corrected chi connectivity index (χ4v) is 2.99. The van der Waals surface area contributed by atoms with Crippen molar-refractivity contribution in [1.82, 2.24) is 15.1 Å². The van der Waals surface area contributed by atoms with E-state index in [4.69, 9.17) is 11.6 Å². The molecule has 1 atom stereocenters. The molecular formula is C19H18ClN3O3. The van der Waals surface area contributed by atoms with Crippen LogP contribution in [0.1, 0.15) is 24.9 Å². The molecule has 6 nitrogen and oxygen atoms in total. The van der Waals surface area contributed by atoms with Crippen LogP contribution in [-0.2, 0) is 11.3 Å². The van der Waals surface area contributed by atoms with Gasteiger partial charge in [-0.15, -0.1) is 0 Å². The summed E-state index contributed by atoms with van der Waals surface area (Å²) < 4.78 is 1.17. The van der Waals surface area contributed by atoms with E-state index in [1.807, 2.05) is 19.1 Å². The number of nitrogens with zero attached hydrogens (tertiary/aromatic N) is 1. The summed E-state index contributed by atoms with van der Waals surface area (Å²) in [5, 5.41) is 6.66. The normalized spacial score (nSPS) is 12.1. The minimum absolute atomic E-state index is 0.0685. The summed E-state index contributed by atoms with van der Waals surface area (Å²) >= 11 is 5.96. The van der Waals surface area contributed by atoms with Crippen molar-refractivity contribution in [3.05, 3.63) is 79.8 Å². The summed E-state index contributed by atoms with van der Waals surface area (Å²) in [6.07, 6.45) is 0.0685. The van der Waals surface area contributed by atoms with E-state index in [0.29, 0.717) is 15.8 Å². The van der Waals surface area contributed by atoms with Crippen LogP contribution in [0.4, 0.5) is 0 Å². The summed E-state index contributed by atoms with van der Waals surface area (Å²) in [7, 11) is 0. The first-order valence-corrected chi connectivity index (χ1v) is 8.60. The number of halogens is 1. The van der Waals surface area contributed by atoms with Gasteiger partial charge in [0.15, 0.2) is 0 Å². The van der Waals surface area contributed by atoms with Gasteiger partial charge in [0.2, 0.25) is 5.91 Å². The van der Waals surface area contributed by atoms with Crippen LogP contribution >= 0.6 is 11.6 Å². The summed E-state index contributed by atoms with van der Waals surface area (Å²) in [6.45, 7) is 1.95. The molecule has 0 aliphatic heterocycles. The SMILES string of the molecule is CC(NC(=O)CCn1[nH]c(=O)c2ccccc2c1=O)c1cccc(Cl)c1. The van der Waals surface area contributed by atoms with Crippen LogP contribution in [0.2, 0.25) is 5.02 Å². The fraction of sp³-hybridized carbons (Fsp3) is 0.211. The Balaban J connectivity index is 1.70. The molecule has 0 fully saturated rings. The number of aromatic nitrogens is 2. The molecule has 0 saturated carbocycles. The zero-order valence-corrected chi connectivity index (χ0v) is 14.9. The average Bonchev–Trinajstić information content (AvgIpc) is 2.63. The third-order valence-electron chi connectivity index (χ3n) is 4.17. The third kappa shape index (κ3) is 3.86. The number of fused-ring (bicyclic) bond motifs is 1. The lowest BCUT2D eigenvalue weighted by atomic mass is 10.1. The molecule has 2 N–H and O–H groups in total. The van der Waals surface area contributed by atoms with Crippen molar-refractivity contribution in [1.29, 1.82) is 0 Å². The van der Waals surface area contributed by atoms with E-state index in [9.17, 15) is 14.4 Å². The number of benzene rings is 2. The van der Waals surface area contributed by atoms with Crippen LogP contribution in [0, 0.1) is 0 Å². The van der Waals surface area contributed by atoms with Gasteiger partial charge in [0.05, 0.1) is 23.4 Å². The number of hydrogen-bond donors (Lipinski definition) is 2. The Morgan fingerprint density at radius 2 is 1.88 bits per heavy atom. The molecular weight excluding hydrogens is 354 g/mol. The number of rotatable bonds is 5. The van der Waals surface area contributed by atoms with Crippen LogP contribution in [0.5, 0.6) is 0 Å². The zero-order chi connectivity index (χ0) is 18.7. The van der Waals surface area contributed by atoms with Crippen LogP contribution < -0.4 is 16.4 Å². The zero-order valence-electron chi connectivity index (χ0n) is 14.2. The van der Waals surface area contributed by atoms with Gasteiger partial charge in [-0.05, 0) is 36.8 Å². The fourth-order valence-electron chi connectivity index (χ4n) is 2.79. The van der Waals surface area contributed by atoms with Gasteiger partial charge in [-0.3, -0.25) is 19.5 Å². The van der Waals surface area contributed by atoms with E-state index in [-0.39, 0.29) is 36.0 Å². The number of H-pyrrole nitrogens is 1. The molecule has 0 saturated heterocycles. The van der Waals surface area contributed by atoms with Gasteiger partial charge in [0, 0.05) is 11.4 Å². The average molecular weight is 372 g/mol. The lowest BCUT2D eigenvalue weighted by molar-refractivity contribution is -0.122. The predicted octanol–water partition coefficient (Wildman–Crippen LogP) is 2.61. The lowest BCUT2D eigenvalue weighted by Gasteiger charge is -2.15. The van der Waals surface area contributed by atoms with E-state index in [0.717, 1.165) is 5.56 Å². The number of carbonyl (C=O) groups is 1. The first kappa shape index (κ1) is 17.9. The van der Waals surface area contributed by atoms with E-state index in [1.165, 1.54) is 4.68 Å². The molecule has 2 aromatic carbocycles.